The highest BCUT2D eigenvalue weighted by Crippen LogP contribution is 2.30. The number of hydrogen-bond donors (Lipinski definition) is 2. The number of amides is 1. The molecule has 0 aliphatic carbocycles. The summed E-state index contributed by atoms with van der Waals surface area (Å²) in [7, 11) is 1.75. The molecular weight excluding hydrogens is 238 g/mol. The number of aromatic nitrogens is 2. The summed E-state index contributed by atoms with van der Waals surface area (Å²) in [6.07, 6.45) is 0. The van der Waals surface area contributed by atoms with Crippen LogP contribution < -0.4 is 16.4 Å². The van der Waals surface area contributed by atoms with E-state index in [0.29, 0.717) is 5.82 Å². The second-order valence-electron chi connectivity index (χ2n) is 3.80. The lowest BCUT2D eigenvalue weighted by molar-refractivity contribution is -0.116. The third-order valence-electron chi connectivity index (χ3n) is 2.27. The van der Waals surface area contributed by atoms with Crippen LogP contribution in [-0.4, -0.2) is 29.5 Å². The monoisotopic (exact) mass is 251 g/mol. The van der Waals surface area contributed by atoms with E-state index in [-0.39, 0.29) is 12.5 Å². The topological polar surface area (TPSA) is 98.1 Å². The van der Waals surface area contributed by atoms with Crippen molar-refractivity contribution >= 4 is 39.2 Å². The van der Waals surface area contributed by atoms with E-state index in [1.807, 2.05) is 13.0 Å². The normalized spacial score (nSPS) is 10.7. The Kier molecular flexibility index (Phi) is 2.84. The first-order chi connectivity index (χ1) is 7.97. The number of anilines is 2. The van der Waals surface area contributed by atoms with Gasteiger partial charge >= 0.3 is 0 Å². The van der Waals surface area contributed by atoms with Crippen molar-refractivity contribution in [2.75, 3.05) is 24.2 Å². The molecule has 0 atom stereocenters. The summed E-state index contributed by atoms with van der Waals surface area (Å²) < 4.78 is 0. The number of nitrogens with two attached hydrogens (primary N) is 2. The van der Waals surface area contributed by atoms with Crippen LogP contribution >= 0.6 is 11.3 Å². The molecule has 7 heteroatoms. The van der Waals surface area contributed by atoms with Gasteiger partial charge in [-0.15, -0.1) is 11.3 Å². The maximum absolute atomic E-state index is 10.9. The molecule has 6 nitrogen and oxygen atoms in total. The van der Waals surface area contributed by atoms with Crippen LogP contribution in [0.5, 0.6) is 0 Å². The molecule has 17 heavy (non-hydrogen) atoms. The first-order valence-corrected chi connectivity index (χ1v) is 5.82. The molecule has 2 heterocycles. The van der Waals surface area contributed by atoms with Crippen molar-refractivity contribution in [1.82, 2.24) is 9.97 Å². The molecule has 0 spiro atoms. The first kappa shape index (κ1) is 11.6. The summed E-state index contributed by atoms with van der Waals surface area (Å²) in [6.45, 7) is 2.08. The molecular formula is C10H13N5OS. The van der Waals surface area contributed by atoms with Crippen molar-refractivity contribution < 1.29 is 4.79 Å². The lowest BCUT2D eigenvalue weighted by Gasteiger charge is -2.16. The number of carbonyl (C=O) groups is 1. The predicted octanol–water partition coefficient (Wildman–Crippen LogP) is 0.503. The van der Waals surface area contributed by atoms with Crippen LogP contribution in [0.2, 0.25) is 0 Å². The van der Waals surface area contributed by atoms with Gasteiger partial charge in [0.05, 0.1) is 11.9 Å². The molecule has 2 aromatic heterocycles. The highest BCUT2D eigenvalue weighted by molar-refractivity contribution is 7.18. The van der Waals surface area contributed by atoms with Crippen molar-refractivity contribution in [1.29, 1.82) is 0 Å². The highest BCUT2D eigenvalue weighted by Gasteiger charge is 2.14. The van der Waals surface area contributed by atoms with E-state index in [4.69, 9.17) is 11.5 Å². The number of thiophene rings is 1. The van der Waals surface area contributed by atoms with E-state index in [1.54, 1.807) is 23.3 Å². The third kappa shape index (κ3) is 2.28. The molecule has 0 aliphatic rings. The van der Waals surface area contributed by atoms with Crippen molar-refractivity contribution in [3.63, 3.8) is 0 Å². The number of likely N-dealkylation sites (N-methyl/N-ethyl adjacent to an activating group) is 1. The fraction of sp³-hybridized carbons (Fsp3) is 0.300. The molecule has 0 bridgehead atoms. The number of aryl methyl sites for hydroxylation is 1. The summed E-state index contributed by atoms with van der Waals surface area (Å²) in [6, 6.07) is 1.98. The molecule has 1 amide bonds. The number of fused-ring (bicyclic) bond motifs is 1. The van der Waals surface area contributed by atoms with Crippen molar-refractivity contribution in [3.8, 4) is 0 Å². The highest BCUT2D eigenvalue weighted by atomic mass is 32.1. The van der Waals surface area contributed by atoms with Gasteiger partial charge in [-0.1, -0.05) is 0 Å². The fourth-order valence-corrected chi connectivity index (χ4v) is 2.52. The maximum atomic E-state index is 10.9. The van der Waals surface area contributed by atoms with Gasteiger partial charge in [-0.25, -0.2) is 4.98 Å². The van der Waals surface area contributed by atoms with Gasteiger partial charge in [-0.05, 0) is 13.0 Å². The van der Waals surface area contributed by atoms with Gasteiger partial charge in [-0.2, -0.15) is 4.98 Å². The summed E-state index contributed by atoms with van der Waals surface area (Å²) in [5.41, 5.74) is 10.8. The molecule has 90 valence electrons. The minimum absolute atomic E-state index is 0.0977. The smallest absolute Gasteiger partial charge is 0.236 e. The summed E-state index contributed by atoms with van der Waals surface area (Å²) >= 11 is 1.54. The molecule has 0 saturated carbocycles. The van der Waals surface area contributed by atoms with Crippen LogP contribution in [0.4, 0.5) is 11.8 Å². The van der Waals surface area contributed by atoms with Crippen LogP contribution in [-0.2, 0) is 4.79 Å². The molecule has 0 unspecified atom stereocenters. The standard InChI is InChI=1S/C10H13N5OS/c1-5-3-6-8(15(2)4-7(11)16)13-10(12)14-9(6)17-5/h3H,4H2,1-2H3,(H2,11,16)(H2,12,13,14). The van der Waals surface area contributed by atoms with Gasteiger partial charge in [0.15, 0.2) is 0 Å². The van der Waals surface area contributed by atoms with Crippen molar-refractivity contribution in [3.05, 3.63) is 10.9 Å². The van der Waals surface area contributed by atoms with Gasteiger partial charge in [-0.3, -0.25) is 4.79 Å². The SMILES string of the molecule is Cc1cc2c(N(C)CC(N)=O)nc(N)nc2s1. The fourth-order valence-electron chi connectivity index (χ4n) is 1.64. The Hall–Kier alpha value is -1.89. The Labute approximate surface area is 102 Å². The van der Waals surface area contributed by atoms with Crippen LogP contribution in [0.15, 0.2) is 6.07 Å². The zero-order valence-corrected chi connectivity index (χ0v) is 10.4. The number of rotatable bonds is 3. The Morgan fingerprint density at radius 2 is 2.24 bits per heavy atom. The Balaban J connectivity index is 2.54. The number of hydrogen-bond acceptors (Lipinski definition) is 6. The largest absolute Gasteiger partial charge is 0.368 e. The second kappa shape index (κ2) is 4.17. The average molecular weight is 251 g/mol. The van der Waals surface area contributed by atoms with Gasteiger partial charge < -0.3 is 16.4 Å². The first-order valence-electron chi connectivity index (χ1n) is 5.00. The Bertz CT molecular complexity index is 579. The average Bonchev–Trinajstić information content (AvgIpc) is 2.55. The van der Waals surface area contributed by atoms with Gasteiger partial charge in [0.25, 0.3) is 0 Å². The lowest BCUT2D eigenvalue weighted by Crippen LogP contribution is -2.31. The van der Waals surface area contributed by atoms with E-state index in [1.165, 1.54) is 0 Å². The van der Waals surface area contributed by atoms with E-state index in [0.717, 1.165) is 15.1 Å². The van der Waals surface area contributed by atoms with E-state index in [9.17, 15) is 4.79 Å². The van der Waals surface area contributed by atoms with Crippen molar-refractivity contribution in [2.24, 2.45) is 5.73 Å². The summed E-state index contributed by atoms with van der Waals surface area (Å²) in [5, 5.41) is 0.894. The molecule has 0 aromatic carbocycles. The summed E-state index contributed by atoms with van der Waals surface area (Å²) in [5.74, 6) is 0.422. The maximum Gasteiger partial charge on any atom is 0.236 e. The number of nitrogens with zero attached hydrogens (tertiary/aromatic N) is 3. The quantitative estimate of drug-likeness (QED) is 0.828. The van der Waals surface area contributed by atoms with Crippen LogP contribution in [0.25, 0.3) is 10.2 Å². The molecule has 0 saturated heterocycles. The molecule has 0 radical (unpaired) electrons. The van der Waals surface area contributed by atoms with Crippen molar-refractivity contribution in [2.45, 2.75) is 6.92 Å². The van der Waals surface area contributed by atoms with E-state index >= 15 is 0 Å². The van der Waals surface area contributed by atoms with Crippen LogP contribution in [0.1, 0.15) is 4.88 Å². The molecule has 2 aromatic rings. The minimum atomic E-state index is -0.412. The summed E-state index contributed by atoms with van der Waals surface area (Å²) in [4.78, 5) is 22.9. The Morgan fingerprint density at radius 3 is 2.88 bits per heavy atom. The molecule has 4 N–H and O–H groups in total. The third-order valence-corrected chi connectivity index (χ3v) is 3.21. The van der Waals surface area contributed by atoms with E-state index < -0.39 is 5.91 Å². The zero-order chi connectivity index (χ0) is 12.6. The number of carbonyl (C=O) groups excluding carboxylic acids is 1. The zero-order valence-electron chi connectivity index (χ0n) is 9.60. The molecule has 0 fully saturated rings. The minimum Gasteiger partial charge on any atom is -0.368 e. The predicted molar refractivity (Wildman–Crippen MR) is 69.0 cm³/mol. The number of primary amides is 1. The van der Waals surface area contributed by atoms with E-state index in [2.05, 4.69) is 9.97 Å². The molecule has 2 rings (SSSR count). The number of nitrogen functional groups attached to an aromatic ring is 1. The van der Waals surface area contributed by atoms with Gasteiger partial charge in [0, 0.05) is 11.9 Å². The van der Waals surface area contributed by atoms with Crippen LogP contribution in [0, 0.1) is 6.92 Å². The lowest BCUT2D eigenvalue weighted by atomic mass is 10.3. The Morgan fingerprint density at radius 1 is 1.53 bits per heavy atom. The molecule has 0 aliphatic heterocycles. The van der Waals surface area contributed by atoms with Gasteiger partial charge in [0.1, 0.15) is 10.6 Å². The van der Waals surface area contributed by atoms with Gasteiger partial charge in [0.2, 0.25) is 11.9 Å². The second-order valence-corrected chi connectivity index (χ2v) is 5.04. The van der Waals surface area contributed by atoms with Crippen LogP contribution in [0.3, 0.4) is 0 Å².